The molecule has 1 saturated carbocycles. The normalized spacial score (nSPS) is 14.7. The molecule has 0 atom stereocenters. The molecular weight excluding hydrogens is 721 g/mol. The highest BCUT2D eigenvalue weighted by Crippen LogP contribution is 2.35. The first-order valence-corrected chi connectivity index (χ1v) is 21.6. The van der Waals surface area contributed by atoms with Crippen LogP contribution in [0.3, 0.4) is 0 Å². The lowest BCUT2D eigenvalue weighted by Crippen LogP contribution is -2.13. The van der Waals surface area contributed by atoms with Gasteiger partial charge < -0.3 is 0 Å². The minimum atomic E-state index is 0.0545. The molecule has 1 aliphatic rings. The van der Waals surface area contributed by atoms with Crippen molar-refractivity contribution in [2.24, 2.45) is 20.0 Å². The summed E-state index contributed by atoms with van der Waals surface area (Å²) in [4.78, 5) is 29.4. The molecule has 6 heteroatoms. The molecule has 5 aromatic rings. The largest absolute Gasteiger partial charge is 0.284 e. The standard InChI is InChI=1S/C28H33N3.C25H33N3/c1-19(2)24-14-10-15-25(20(3)4)28(24)30-22(6)27-17-11-16-26(31-27)21(5)29-18-23-12-8-7-9-13-23;1-18(26-20-12-7-6-8-13-20)22-16-11-17-23(28-22)19(2)27-24-15-10-9-14-21(24)25(3,4)5/h7-17,19-20H,18H2,1-6H3;9-11,14-17,20H,6-8,12-13H2,1-5H3. The molecule has 0 N–H and O–H groups in total. The maximum absolute atomic E-state index is 5.08. The number of benzene rings is 3. The minimum absolute atomic E-state index is 0.0545. The zero-order valence-corrected chi connectivity index (χ0v) is 37.6. The van der Waals surface area contributed by atoms with Crippen molar-refractivity contribution in [3.8, 4) is 0 Å². The van der Waals surface area contributed by atoms with Crippen LogP contribution in [-0.4, -0.2) is 38.9 Å². The average molecular weight is 787 g/mol. The van der Waals surface area contributed by atoms with Gasteiger partial charge in [0.25, 0.3) is 0 Å². The van der Waals surface area contributed by atoms with E-state index in [9.17, 15) is 0 Å². The number of hydrogen-bond acceptors (Lipinski definition) is 6. The summed E-state index contributed by atoms with van der Waals surface area (Å²) in [6.07, 6.45) is 6.37. The van der Waals surface area contributed by atoms with E-state index in [1.807, 2.05) is 69.3 Å². The number of para-hydroxylation sites is 2. The molecule has 2 aromatic heterocycles. The average Bonchev–Trinajstić information content (AvgIpc) is 3.23. The van der Waals surface area contributed by atoms with E-state index in [1.54, 1.807) is 0 Å². The van der Waals surface area contributed by atoms with Crippen molar-refractivity contribution in [3.63, 3.8) is 0 Å². The van der Waals surface area contributed by atoms with Crippen LogP contribution in [0.4, 0.5) is 11.4 Å². The van der Waals surface area contributed by atoms with Crippen LogP contribution in [0.5, 0.6) is 0 Å². The van der Waals surface area contributed by atoms with Crippen LogP contribution in [-0.2, 0) is 12.0 Å². The summed E-state index contributed by atoms with van der Waals surface area (Å²) < 4.78 is 0. The van der Waals surface area contributed by atoms with Gasteiger partial charge in [-0.1, -0.05) is 147 Å². The van der Waals surface area contributed by atoms with Gasteiger partial charge >= 0.3 is 0 Å². The fraction of sp³-hybridized carbons (Fsp3) is 0.396. The second-order valence-corrected chi connectivity index (χ2v) is 17.5. The molecule has 0 radical (unpaired) electrons. The lowest BCUT2D eigenvalue weighted by atomic mass is 9.86. The highest BCUT2D eigenvalue weighted by atomic mass is 14.9. The van der Waals surface area contributed by atoms with Gasteiger partial charge in [-0.2, -0.15) is 0 Å². The maximum atomic E-state index is 5.08. The monoisotopic (exact) mass is 787 g/mol. The van der Waals surface area contributed by atoms with Crippen molar-refractivity contribution >= 4 is 34.2 Å². The number of hydrogen-bond donors (Lipinski definition) is 0. The van der Waals surface area contributed by atoms with E-state index in [0.717, 1.165) is 57.0 Å². The first kappa shape index (κ1) is 44.7. The summed E-state index contributed by atoms with van der Waals surface area (Å²) in [5.74, 6) is 0.828. The minimum Gasteiger partial charge on any atom is -0.284 e. The molecule has 0 aliphatic heterocycles. The van der Waals surface area contributed by atoms with Crippen molar-refractivity contribution in [2.45, 2.75) is 138 Å². The Balaban J connectivity index is 0.000000225. The number of pyridine rings is 2. The van der Waals surface area contributed by atoms with Crippen molar-refractivity contribution in [2.75, 3.05) is 0 Å². The van der Waals surface area contributed by atoms with Crippen LogP contribution >= 0.6 is 0 Å². The zero-order chi connectivity index (χ0) is 42.5. The van der Waals surface area contributed by atoms with Gasteiger partial charge in [-0.15, -0.1) is 0 Å². The summed E-state index contributed by atoms with van der Waals surface area (Å²) in [6.45, 7) is 24.4. The summed E-state index contributed by atoms with van der Waals surface area (Å²) >= 11 is 0. The molecule has 59 heavy (non-hydrogen) atoms. The highest BCUT2D eigenvalue weighted by molar-refractivity contribution is 6.02. The fourth-order valence-electron chi connectivity index (χ4n) is 7.41. The molecule has 6 nitrogen and oxygen atoms in total. The van der Waals surface area contributed by atoms with E-state index in [4.69, 9.17) is 29.9 Å². The van der Waals surface area contributed by atoms with Gasteiger partial charge in [-0.05, 0) is 110 Å². The Morgan fingerprint density at radius 2 is 1.05 bits per heavy atom. The molecule has 1 aliphatic carbocycles. The highest BCUT2D eigenvalue weighted by Gasteiger charge is 2.18. The van der Waals surface area contributed by atoms with Crippen molar-refractivity contribution < 1.29 is 0 Å². The predicted octanol–water partition coefficient (Wildman–Crippen LogP) is 14.1. The van der Waals surface area contributed by atoms with Gasteiger partial charge in [0.05, 0.1) is 69.6 Å². The van der Waals surface area contributed by atoms with Crippen molar-refractivity contribution in [1.82, 2.24) is 9.97 Å². The van der Waals surface area contributed by atoms with E-state index >= 15 is 0 Å². The van der Waals surface area contributed by atoms with E-state index in [-0.39, 0.29) is 5.41 Å². The van der Waals surface area contributed by atoms with Crippen molar-refractivity contribution in [3.05, 3.63) is 154 Å². The Morgan fingerprint density at radius 1 is 0.559 bits per heavy atom. The van der Waals surface area contributed by atoms with Crippen LogP contribution in [0.2, 0.25) is 0 Å². The Bertz CT molecular complexity index is 2240. The summed E-state index contributed by atoms with van der Waals surface area (Å²) in [5, 5.41) is 0. The molecule has 0 spiro atoms. The first-order chi connectivity index (χ1) is 28.2. The van der Waals surface area contributed by atoms with E-state index < -0.39 is 0 Å². The third-order valence-electron chi connectivity index (χ3n) is 10.9. The molecule has 0 amide bonds. The maximum Gasteiger partial charge on any atom is 0.0849 e. The van der Waals surface area contributed by atoms with Gasteiger partial charge in [-0.25, -0.2) is 9.97 Å². The molecule has 3 aromatic carbocycles. The number of rotatable bonds is 11. The number of aliphatic imine (C=N–C) groups is 4. The molecule has 308 valence electrons. The van der Waals surface area contributed by atoms with E-state index in [2.05, 4.69) is 116 Å². The third kappa shape index (κ3) is 12.8. The quantitative estimate of drug-likeness (QED) is 0.125. The first-order valence-electron chi connectivity index (χ1n) is 21.6. The van der Waals surface area contributed by atoms with Gasteiger partial charge in [0.1, 0.15) is 0 Å². The Kier molecular flexibility index (Phi) is 16.0. The summed E-state index contributed by atoms with van der Waals surface area (Å²) in [7, 11) is 0. The van der Waals surface area contributed by atoms with Crippen LogP contribution < -0.4 is 0 Å². The van der Waals surface area contributed by atoms with Gasteiger partial charge in [0, 0.05) is 0 Å². The zero-order valence-electron chi connectivity index (χ0n) is 37.6. The third-order valence-corrected chi connectivity index (χ3v) is 10.9. The Labute approximate surface area is 355 Å². The second-order valence-electron chi connectivity index (χ2n) is 17.5. The van der Waals surface area contributed by atoms with Crippen molar-refractivity contribution in [1.29, 1.82) is 0 Å². The Hall–Kier alpha value is -5.36. The van der Waals surface area contributed by atoms with E-state index in [0.29, 0.717) is 24.4 Å². The lowest BCUT2D eigenvalue weighted by molar-refractivity contribution is 0.443. The summed E-state index contributed by atoms with van der Waals surface area (Å²) in [5.41, 5.74) is 14.7. The molecule has 0 bridgehead atoms. The Morgan fingerprint density at radius 3 is 1.61 bits per heavy atom. The fourth-order valence-corrected chi connectivity index (χ4v) is 7.41. The molecule has 1 fully saturated rings. The van der Waals surface area contributed by atoms with Gasteiger partial charge in [0.2, 0.25) is 0 Å². The van der Waals surface area contributed by atoms with Crippen LogP contribution in [0.25, 0.3) is 0 Å². The molecular formula is C53H66N6. The number of nitrogens with zero attached hydrogens (tertiary/aromatic N) is 6. The smallest absolute Gasteiger partial charge is 0.0849 e. The SMILES string of the molecule is CC(=NCc1ccccc1)c1cccc(C(C)=Nc2c(C(C)C)cccc2C(C)C)n1.CC(=Nc1ccccc1C(C)(C)C)c1cccc(C(C)=NC2CCCCC2)n1. The van der Waals surface area contributed by atoms with Crippen LogP contribution in [0.1, 0.15) is 165 Å². The van der Waals surface area contributed by atoms with Crippen LogP contribution in [0, 0.1) is 0 Å². The van der Waals surface area contributed by atoms with E-state index in [1.165, 1.54) is 54.4 Å². The second kappa shape index (κ2) is 21.1. The summed E-state index contributed by atoms with van der Waals surface area (Å²) in [6, 6.07) is 37.9. The molecule has 2 heterocycles. The molecule has 0 unspecified atom stereocenters. The lowest BCUT2D eigenvalue weighted by Gasteiger charge is -2.21. The predicted molar refractivity (Wildman–Crippen MR) is 253 cm³/mol. The number of aromatic nitrogens is 2. The van der Waals surface area contributed by atoms with Gasteiger partial charge in [-0.3, -0.25) is 20.0 Å². The molecule has 0 saturated heterocycles. The topological polar surface area (TPSA) is 75.2 Å². The van der Waals surface area contributed by atoms with Gasteiger partial charge in [0.15, 0.2) is 0 Å². The van der Waals surface area contributed by atoms with Crippen LogP contribution in [0.15, 0.2) is 129 Å². The molecule has 6 rings (SSSR count).